The minimum absolute atomic E-state index is 1.75. The third kappa shape index (κ3) is 9.05. The summed E-state index contributed by atoms with van der Waals surface area (Å²) in [7, 11) is 0. The van der Waals surface area contributed by atoms with Gasteiger partial charge < -0.3 is 0 Å². The quantitative estimate of drug-likeness (QED) is 0.458. The van der Waals surface area contributed by atoms with Crippen LogP contribution in [0.5, 0.6) is 0 Å². The number of aliphatic imine (C=N–C) groups is 1. The van der Waals surface area contributed by atoms with Crippen LogP contribution in [0.15, 0.2) is 17.3 Å². The van der Waals surface area contributed by atoms with Gasteiger partial charge in [0.25, 0.3) is 0 Å². The molecule has 1 heteroatoms. The van der Waals surface area contributed by atoms with Crippen LogP contribution < -0.4 is 0 Å². The zero-order valence-corrected chi connectivity index (χ0v) is 6.18. The van der Waals surface area contributed by atoms with Crippen LogP contribution in [-0.4, -0.2) is 6.21 Å². The van der Waals surface area contributed by atoms with Crippen LogP contribution >= 0.6 is 0 Å². The zero-order valence-electron chi connectivity index (χ0n) is 6.18. The van der Waals surface area contributed by atoms with Crippen molar-refractivity contribution in [1.82, 2.24) is 0 Å². The van der Waals surface area contributed by atoms with Gasteiger partial charge in [0.1, 0.15) is 0 Å². The summed E-state index contributed by atoms with van der Waals surface area (Å²) in [5.74, 6) is 0. The van der Waals surface area contributed by atoms with Gasteiger partial charge in [0.15, 0.2) is 0 Å². The third-order valence-corrected chi connectivity index (χ3v) is 0.344. The van der Waals surface area contributed by atoms with E-state index in [1.807, 2.05) is 33.8 Å². The van der Waals surface area contributed by atoms with E-state index in [1.165, 1.54) is 0 Å². The van der Waals surface area contributed by atoms with Crippen molar-refractivity contribution in [1.29, 1.82) is 0 Å². The fourth-order valence-electron chi connectivity index (χ4n) is 0.0861. The number of allylic oxidation sites excluding steroid dienone is 1. The summed E-state index contributed by atoms with van der Waals surface area (Å²) in [5, 5.41) is 0. The standard InChI is InChI=1S/C3H3N.2C2H6/c1-2-4-3-1;2*1-2/h1-3H;2*1-2H3. The molecule has 1 nitrogen and oxygen atoms in total. The van der Waals surface area contributed by atoms with E-state index in [0.29, 0.717) is 0 Å². The van der Waals surface area contributed by atoms with Crippen molar-refractivity contribution in [3.05, 3.63) is 12.3 Å². The van der Waals surface area contributed by atoms with E-state index in [1.54, 1.807) is 12.4 Å². The summed E-state index contributed by atoms with van der Waals surface area (Å²) in [6, 6.07) is 0. The molecule has 8 heavy (non-hydrogen) atoms. The van der Waals surface area contributed by atoms with Crippen LogP contribution in [0.25, 0.3) is 0 Å². The first-order chi connectivity index (χ1) is 4.00. The third-order valence-electron chi connectivity index (χ3n) is 0.344. The molecular formula is C7H15N. The number of rotatable bonds is 0. The predicted octanol–water partition coefficient (Wildman–Crippen LogP) is 2.64. The average molecular weight is 113 g/mol. The lowest BCUT2D eigenvalue weighted by molar-refractivity contribution is 1.50. The maximum absolute atomic E-state index is 3.61. The van der Waals surface area contributed by atoms with Crippen molar-refractivity contribution in [2.45, 2.75) is 27.7 Å². The fourth-order valence-corrected chi connectivity index (χ4v) is 0.0861. The molecule has 0 fully saturated rings. The largest absolute Gasteiger partial charge is 0.265 e. The van der Waals surface area contributed by atoms with Crippen molar-refractivity contribution in [3.63, 3.8) is 0 Å². The summed E-state index contributed by atoms with van der Waals surface area (Å²) in [6.45, 7) is 8.00. The summed E-state index contributed by atoms with van der Waals surface area (Å²) < 4.78 is 0. The SMILES string of the molecule is C1=CN=C1.CC.CC. The maximum atomic E-state index is 3.61. The molecule has 0 atom stereocenters. The molecule has 0 saturated carbocycles. The molecule has 0 aromatic heterocycles. The van der Waals surface area contributed by atoms with Crippen LogP contribution in [0.1, 0.15) is 27.7 Å². The van der Waals surface area contributed by atoms with Gasteiger partial charge in [-0.25, -0.2) is 0 Å². The molecule has 0 amide bonds. The van der Waals surface area contributed by atoms with E-state index in [4.69, 9.17) is 0 Å². The molecule has 0 unspecified atom stereocenters. The Labute approximate surface area is 52.1 Å². The van der Waals surface area contributed by atoms with Crippen molar-refractivity contribution < 1.29 is 0 Å². The molecular weight excluding hydrogens is 98.1 g/mol. The Kier molecular flexibility index (Phi) is 21.0. The van der Waals surface area contributed by atoms with Gasteiger partial charge in [-0.05, 0) is 6.08 Å². The van der Waals surface area contributed by atoms with Gasteiger partial charge in [0, 0.05) is 12.4 Å². The lowest BCUT2D eigenvalue weighted by Crippen LogP contribution is -1.67. The Hall–Kier alpha value is -0.590. The van der Waals surface area contributed by atoms with E-state index in [-0.39, 0.29) is 0 Å². The van der Waals surface area contributed by atoms with Gasteiger partial charge in [-0.2, -0.15) is 0 Å². The second-order valence-corrected chi connectivity index (χ2v) is 0.640. The molecule has 0 radical (unpaired) electrons. The smallest absolute Gasteiger partial charge is 0.0283 e. The Morgan fingerprint density at radius 1 is 1.00 bits per heavy atom. The van der Waals surface area contributed by atoms with Gasteiger partial charge in [-0.15, -0.1) is 0 Å². The van der Waals surface area contributed by atoms with Gasteiger partial charge >= 0.3 is 0 Å². The van der Waals surface area contributed by atoms with Crippen LogP contribution in [-0.2, 0) is 0 Å². The average Bonchev–Trinajstić information content (AvgIpc) is 1.72. The van der Waals surface area contributed by atoms with Gasteiger partial charge in [-0.3, -0.25) is 4.99 Å². The molecule has 48 valence electrons. The minimum Gasteiger partial charge on any atom is -0.265 e. The Bertz CT molecular complexity index is 44.8. The van der Waals surface area contributed by atoms with E-state index in [2.05, 4.69) is 4.99 Å². The summed E-state index contributed by atoms with van der Waals surface area (Å²) in [4.78, 5) is 3.61. The predicted molar refractivity (Wildman–Crippen MR) is 40.3 cm³/mol. The van der Waals surface area contributed by atoms with Crippen molar-refractivity contribution in [2.75, 3.05) is 0 Å². The Morgan fingerprint density at radius 2 is 1.12 bits per heavy atom. The molecule has 0 saturated heterocycles. The van der Waals surface area contributed by atoms with Crippen molar-refractivity contribution in [2.24, 2.45) is 4.99 Å². The van der Waals surface area contributed by atoms with Crippen LogP contribution in [0.4, 0.5) is 0 Å². The van der Waals surface area contributed by atoms with E-state index in [0.717, 1.165) is 0 Å². The van der Waals surface area contributed by atoms with Gasteiger partial charge in [0.05, 0.1) is 0 Å². The van der Waals surface area contributed by atoms with Crippen molar-refractivity contribution in [3.8, 4) is 0 Å². The highest BCUT2D eigenvalue weighted by molar-refractivity contribution is 5.76. The molecule has 1 aliphatic heterocycles. The number of hydrogen-bond acceptors (Lipinski definition) is 1. The summed E-state index contributed by atoms with van der Waals surface area (Å²) in [5.41, 5.74) is 0. The highest BCUT2D eigenvalue weighted by Crippen LogP contribution is 1.78. The normalized spacial score (nSPS) is 9.50. The molecule has 0 spiro atoms. The first kappa shape index (κ1) is 10.4. The van der Waals surface area contributed by atoms with Gasteiger partial charge in [0.2, 0.25) is 0 Å². The molecule has 0 aliphatic carbocycles. The summed E-state index contributed by atoms with van der Waals surface area (Å²) in [6.07, 6.45) is 5.39. The van der Waals surface area contributed by atoms with Crippen LogP contribution in [0, 0.1) is 0 Å². The van der Waals surface area contributed by atoms with Crippen LogP contribution in [0.2, 0.25) is 0 Å². The number of nitrogens with zero attached hydrogens (tertiary/aromatic N) is 1. The van der Waals surface area contributed by atoms with Crippen LogP contribution in [0.3, 0.4) is 0 Å². The molecule has 0 bridgehead atoms. The molecule has 1 heterocycles. The highest BCUT2D eigenvalue weighted by Gasteiger charge is 1.66. The molecule has 1 aliphatic rings. The molecule has 0 aromatic carbocycles. The Morgan fingerprint density at radius 3 is 1.12 bits per heavy atom. The topological polar surface area (TPSA) is 12.4 Å². The first-order valence-electron chi connectivity index (χ1n) is 3.18. The van der Waals surface area contributed by atoms with E-state index < -0.39 is 0 Å². The van der Waals surface area contributed by atoms with Gasteiger partial charge in [-0.1, -0.05) is 27.7 Å². The first-order valence-corrected chi connectivity index (χ1v) is 3.18. The number of hydrogen-bond donors (Lipinski definition) is 0. The van der Waals surface area contributed by atoms with Crippen molar-refractivity contribution >= 4 is 6.21 Å². The van der Waals surface area contributed by atoms with E-state index >= 15 is 0 Å². The second kappa shape index (κ2) is 16.1. The molecule has 0 N–H and O–H groups in total. The maximum Gasteiger partial charge on any atom is 0.0283 e. The molecule has 1 rings (SSSR count). The summed E-state index contributed by atoms with van der Waals surface area (Å²) >= 11 is 0. The second-order valence-electron chi connectivity index (χ2n) is 0.640. The lowest BCUT2D eigenvalue weighted by Gasteiger charge is -1.77. The molecule has 0 aromatic rings. The Balaban J connectivity index is 0. The van der Waals surface area contributed by atoms with E-state index in [9.17, 15) is 0 Å². The minimum atomic E-state index is 1.75. The lowest BCUT2D eigenvalue weighted by atomic mass is 10.6. The monoisotopic (exact) mass is 113 g/mol. The highest BCUT2D eigenvalue weighted by atomic mass is 14.7. The zero-order chi connectivity index (χ0) is 6.83. The fraction of sp³-hybridized carbons (Fsp3) is 0.571.